The smallest absolute Gasteiger partial charge is 0.326 e. The van der Waals surface area contributed by atoms with E-state index < -0.39 is 53.8 Å². The first-order valence-corrected chi connectivity index (χ1v) is 15.6. The molecule has 14 heteroatoms. The first-order valence-electron chi connectivity index (χ1n) is 15.6. The summed E-state index contributed by atoms with van der Waals surface area (Å²) in [5.41, 5.74) is 17.9. The van der Waals surface area contributed by atoms with E-state index in [9.17, 15) is 29.1 Å². The molecule has 1 saturated carbocycles. The van der Waals surface area contributed by atoms with Crippen molar-refractivity contribution < 1.29 is 29.1 Å². The molecule has 0 aromatic heterocycles. The Morgan fingerprint density at radius 1 is 0.867 bits per heavy atom. The van der Waals surface area contributed by atoms with Crippen LogP contribution in [0.4, 0.5) is 5.69 Å². The molecule has 0 spiro atoms. The molecule has 250 valence electrons. The maximum atomic E-state index is 13.9. The van der Waals surface area contributed by atoms with Gasteiger partial charge in [-0.15, -0.1) is 0 Å². The number of nitrogens with one attached hydrogen (secondary N) is 4. The van der Waals surface area contributed by atoms with Crippen molar-refractivity contribution in [1.82, 2.24) is 21.3 Å². The fraction of sp³-hybridized carbons (Fsp3) is 0.613. The van der Waals surface area contributed by atoms with Gasteiger partial charge in [0.05, 0.1) is 0 Å². The zero-order chi connectivity index (χ0) is 33.5. The Bertz CT molecular complexity index is 1180. The molecule has 0 unspecified atom stereocenters. The van der Waals surface area contributed by atoms with Crippen LogP contribution in [0.3, 0.4) is 0 Å². The molecule has 1 aromatic rings. The number of carbonyl (C=O) groups is 5. The standard InChI is InChI=1S/C31H50N8O6/c1-18(2)16-25(30(44)45)38-27(41)23(10-7-15-35-31(33)34)37-29(43)26(21-8-5-4-6-9-21)39-28(42)24(36-19(3)40)17-20-11-13-22(32)14-12-20/h11-14,18,21,23-26H,4-10,15-17,32H2,1-3H3,(H,36,40)(H,37,43)(H,38,41)(H,39,42)(H,44,45)(H4,33,34,35)/t23-,24-,25-,26-/m0/s1. The molecule has 0 aliphatic heterocycles. The number of carboxylic acid groups (broad SMARTS) is 1. The molecule has 4 amide bonds. The third kappa shape index (κ3) is 13.4. The number of guanidine groups is 1. The largest absolute Gasteiger partial charge is 0.480 e. The van der Waals surface area contributed by atoms with Crippen LogP contribution in [0.1, 0.15) is 77.7 Å². The number of benzene rings is 1. The van der Waals surface area contributed by atoms with Crippen molar-refractivity contribution in [1.29, 1.82) is 0 Å². The number of hydrogen-bond acceptors (Lipinski definition) is 7. The van der Waals surface area contributed by atoms with Crippen LogP contribution < -0.4 is 38.5 Å². The lowest BCUT2D eigenvalue weighted by atomic mass is 9.83. The Morgan fingerprint density at radius 2 is 1.47 bits per heavy atom. The van der Waals surface area contributed by atoms with Gasteiger partial charge in [0.25, 0.3) is 0 Å². The van der Waals surface area contributed by atoms with Crippen LogP contribution in [-0.2, 0) is 30.4 Å². The van der Waals surface area contributed by atoms with E-state index in [4.69, 9.17) is 17.2 Å². The van der Waals surface area contributed by atoms with Crippen LogP contribution in [0.2, 0.25) is 0 Å². The number of carboxylic acids is 1. The first kappa shape index (κ1) is 36.8. The van der Waals surface area contributed by atoms with E-state index in [-0.39, 0.29) is 43.6 Å². The number of aliphatic imine (C=N–C) groups is 1. The summed E-state index contributed by atoms with van der Waals surface area (Å²) in [6.45, 7) is 5.19. The number of hydrogen-bond donors (Lipinski definition) is 8. The van der Waals surface area contributed by atoms with Gasteiger partial charge in [0, 0.05) is 25.6 Å². The Hall–Kier alpha value is -4.36. The molecule has 0 bridgehead atoms. The van der Waals surface area contributed by atoms with Gasteiger partial charge in [-0.3, -0.25) is 24.2 Å². The molecule has 14 nitrogen and oxygen atoms in total. The number of anilines is 1. The number of rotatable bonds is 17. The normalized spacial score (nSPS) is 16.0. The second kappa shape index (κ2) is 18.4. The molecule has 2 rings (SSSR count). The second-order valence-electron chi connectivity index (χ2n) is 12.1. The number of carbonyl (C=O) groups excluding carboxylic acids is 4. The highest BCUT2D eigenvalue weighted by Gasteiger charge is 2.35. The van der Waals surface area contributed by atoms with E-state index in [1.807, 2.05) is 13.8 Å². The van der Waals surface area contributed by atoms with Gasteiger partial charge < -0.3 is 43.6 Å². The Morgan fingerprint density at radius 3 is 2.02 bits per heavy atom. The van der Waals surface area contributed by atoms with Crippen LogP contribution in [-0.4, -0.2) is 71.4 Å². The lowest BCUT2D eigenvalue weighted by molar-refractivity contribution is -0.143. The molecule has 0 radical (unpaired) electrons. The first-order chi connectivity index (χ1) is 21.3. The van der Waals surface area contributed by atoms with E-state index >= 15 is 0 Å². The van der Waals surface area contributed by atoms with Crippen LogP contribution >= 0.6 is 0 Å². The summed E-state index contributed by atoms with van der Waals surface area (Å²) in [4.78, 5) is 68.6. The average Bonchev–Trinajstić information content (AvgIpc) is 2.97. The van der Waals surface area contributed by atoms with E-state index in [1.54, 1.807) is 24.3 Å². The van der Waals surface area contributed by atoms with Crippen molar-refractivity contribution in [3.05, 3.63) is 29.8 Å². The molecule has 11 N–H and O–H groups in total. The van der Waals surface area contributed by atoms with Gasteiger partial charge >= 0.3 is 5.97 Å². The molecule has 1 aromatic carbocycles. The van der Waals surface area contributed by atoms with E-state index in [0.29, 0.717) is 24.9 Å². The highest BCUT2D eigenvalue weighted by atomic mass is 16.4. The number of aliphatic carboxylic acids is 1. The second-order valence-corrected chi connectivity index (χ2v) is 12.1. The fourth-order valence-electron chi connectivity index (χ4n) is 5.46. The van der Waals surface area contributed by atoms with Crippen molar-refractivity contribution in [3.8, 4) is 0 Å². The summed E-state index contributed by atoms with van der Waals surface area (Å²) >= 11 is 0. The summed E-state index contributed by atoms with van der Waals surface area (Å²) in [7, 11) is 0. The predicted molar refractivity (Wildman–Crippen MR) is 172 cm³/mol. The monoisotopic (exact) mass is 630 g/mol. The summed E-state index contributed by atoms with van der Waals surface area (Å²) in [5.74, 6) is -3.67. The molecule has 0 heterocycles. The molecule has 1 fully saturated rings. The fourth-order valence-corrected chi connectivity index (χ4v) is 5.46. The molecule has 4 atom stereocenters. The third-order valence-electron chi connectivity index (χ3n) is 7.71. The van der Waals surface area contributed by atoms with Gasteiger partial charge in [0.1, 0.15) is 24.2 Å². The van der Waals surface area contributed by atoms with Crippen molar-refractivity contribution >= 4 is 41.2 Å². The quantitative estimate of drug-likeness (QED) is 0.0517. The maximum absolute atomic E-state index is 13.9. The van der Waals surface area contributed by atoms with Crippen LogP contribution in [0.15, 0.2) is 29.3 Å². The minimum atomic E-state index is -1.18. The van der Waals surface area contributed by atoms with Crippen molar-refractivity contribution in [2.75, 3.05) is 12.3 Å². The minimum Gasteiger partial charge on any atom is -0.480 e. The van der Waals surface area contributed by atoms with Crippen LogP contribution in [0.25, 0.3) is 0 Å². The highest BCUT2D eigenvalue weighted by Crippen LogP contribution is 2.27. The number of nitrogen functional groups attached to an aromatic ring is 1. The van der Waals surface area contributed by atoms with Crippen LogP contribution in [0.5, 0.6) is 0 Å². The molecule has 45 heavy (non-hydrogen) atoms. The Balaban J connectivity index is 2.31. The Labute approximate surface area is 264 Å². The summed E-state index contributed by atoms with van der Waals surface area (Å²) in [6.07, 6.45) is 4.97. The molecule has 1 aliphatic rings. The molecule has 1 aliphatic carbocycles. The van der Waals surface area contributed by atoms with Gasteiger partial charge in [0.2, 0.25) is 23.6 Å². The lowest BCUT2D eigenvalue weighted by Crippen LogP contribution is -2.60. The lowest BCUT2D eigenvalue weighted by Gasteiger charge is -2.32. The summed E-state index contributed by atoms with van der Waals surface area (Å²) in [5, 5.41) is 20.5. The Kier molecular flexibility index (Phi) is 15.1. The van der Waals surface area contributed by atoms with Crippen molar-refractivity contribution in [2.45, 2.75) is 103 Å². The van der Waals surface area contributed by atoms with Gasteiger partial charge in [-0.1, -0.05) is 45.2 Å². The topological polar surface area (TPSA) is 244 Å². The minimum absolute atomic E-state index is 0.00278. The highest BCUT2D eigenvalue weighted by molar-refractivity contribution is 5.95. The van der Waals surface area contributed by atoms with Crippen LogP contribution in [0, 0.1) is 11.8 Å². The number of nitrogens with zero attached hydrogens (tertiary/aromatic N) is 1. The van der Waals surface area contributed by atoms with Crippen molar-refractivity contribution in [2.24, 2.45) is 28.3 Å². The maximum Gasteiger partial charge on any atom is 0.326 e. The van der Waals surface area contributed by atoms with Crippen molar-refractivity contribution in [3.63, 3.8) is 0 Å². The predicted octanol–water partition coefficient (Wildman–Crippen LogP) is 0.535. The number of nitrogens with two attached hydrogens (primary N) is 3. The van der Waals surface area contributed by atoms with Gasteiger partial charge in [-0.2, -0.15) is 0 Å². The van der Waals surface area contributed by atoms with Gasteiger partial charge in [0.15, 0.2) is 5.96 Å². The molecular weight excluding hydrogens is 580 g/mol. The zero-order valence-electron chi connectivity index (χ0n) is 26.5. The van der Waals surface area contributed by atoms with E-state index in [1.165, 1.54) is 6.92 Å². The summed E-state index contributed by atoms with van der Waals surface area (Å²) < 4.78 is 0. The SMILES string of the molecule is CC(=O)N[C@@H](Cc1ccc(N)cc1)C(=O)N[C@H](C(=O)N[C@@H](CCCN=C(N)N)C(=O)N[C@@H](CC(C)C)C(=O)O)C1CCCCC1. The van der Waals surface area contributed by atoms with Gasteiger partial charge in [-0.05, 0) is 61.6 Å². The number of amides is 4. The summed E-state index contributed by atoms with van der Waals surface area (Å²) in [6, 6.07) is 2.72. The third-order valence-corrected chi connectivity index (χ3v) is 7.71. The molecule has 0 saturated heterocycles. The van der Waals surface area contributed by atoms with Gasteiger partial charge in [-0.25, -0.2) is 4.79 Å². The van der Waals surface area contributed by atoms with E-state index in [0.717, 1.165) is 24.8 Å². The molecular formula is C31H50N8O6. The average molecular weight is 631 g/mol. The van der Waals surface area contributed by atoms with E-state index in [2.05, 4.69) is 26.3 Å². The zero-order valence-corrected chi connectivity index (χ0v) is 26.5.